The molecule has 2 aromatic rings. The van der Waals surface area contributed by atoms with Crippen molar-refractivity contribution in [1.82, 2.24) is 9.55 Å². The Balaban J connectivity index is 2.57. The molecule has 1 N–H and O–H groups in total. The molecule has 8 heteroatoms. The molecule has 0 aliphatic heterocycles. The van der Waals surface area contributed by atoms with Crippen molar-refractivity contribution in [3.63, 3.8) is 0 Å². The first-order chi connectivity index (χ1) is 9.93. The quantitative estimate of drug-likeness (QED) is 0.830. The van der Waals surface area contributed by atoms with Crippen LogP contribution in [0.15, 0.2) is 17.3 Å². The fourth-order valence-corrected chi connectivity index (χ4v) is 2.89. The first-order valence-electron chi connectivity index (χ1n) is 6.14. The third-order valence-electron chi connectivity index (χ3n) is 2.85. The normalized spacial score (nSPS) is 12.8. The molecule has 0 spiro atoms. The lowest BCUT2D eigenvalue weighted by atomic mass is 10.2. The highest BCUT2D eigenvalue weighted by Crippen LogP contribution is 2.30. The molecule has 114 valence electrons. The number of methoxy groups -OCH3 is 1. The minimum Gasteiger partial charge on any atom is -0.481 e. The topological polar surface area (TPSA) is 64.3 Å². The molecular weight excluding hydrogens is 302 g/mol. The van der Waals surface area contributed by atoms with E-state index in [1.807, 2.05) is 0 Å². The van der Waals surface area contributed by atoms with Crippen molar-refractivity contribution in [2.24, 2.45) is 0 Å². The van der Waals surface area contributed by atoms with Gasteiger partial charge >= 0.3 is 5.97 Å². The second-order valence-electron chi connectivity index (χ2n) is 4.51. The standard InChI is InChI=1S/C13H14F2N2O3S/c1-7(5-20-2)17-10-4-8(14)3-9(15)12(10)16-13(17)21-6-11(18)19/h3-4,7H,5-6H2,1-2H3,(H,18,19). The van der Waals surface area contributed by atoms with E-state index in [9.17, 15) is 13.6 Å². The number of nitrogens with zero attached hydrogens (tertiary/aromatic N) is 2. The van der Waals surface area contributed by atoms with Crippen LogP contribution in [0.25, 0.3) is 11.0 Å². The molecule has 0 saturated carbocycles. The number of hydrogen-bond donors (Lipinski definition) is 1. The van der Waals surface area contributed by atoms with Crippen LogP contribution in [-0.2, 0) is 9.53 Å². The Labute approximate surface area is 123 Å². The second kappa shape index (κ2) is 6.40. The number of aromatic nitrogens is 2. The van der Waals surface area contributed by atoms with Crippen LogP contribution in [0.1, 0.15) is 13.0 Å². The minimum absolute atomic E-state index is 0.0206. The molecule has 0 aliphatic carbocycles. The lowest BCUT2D eigenvalue weighted by molar-refractivity contribution is -0.133. The van der Waals surface area contributed by atoms with Crippen LogP contribution in [0.3, 0.4) is 0 Å². The van der Waals surface area contributed by atoms with Crippen LogP contribution in [-0.4, -0.2) is 40.1 Å². The van der Waals surface area contributed by atoms with Gasteiger partial charge in [0.15, 0.2) is 11.0 Å². The van der Waals surface area contributed by atoms with Crippen LogP contribution in [0.4, 0.5) is 8.78 Å². The number of carboxylic acids is 1. The maximum atomic E-state index is 13.8. The third kappa shape index (κ3) is 3.33. The molecule has 1 aromatic carbocycles. The SMILES string of the molecule is COCC(C)n1c(SCC(=O)O)nc2c(F)cc(F)cc21. The summed E-state index contributed by atoms with van der Waals surface area (Å²) >= 11 is 0.957. The summed E-state index contributed by atoms with van der Waals surface area (Å²) in [5.74, 6) is -2.71. The Morgan fingerprint density at radius 3 is 2.86 bits per heavy atom. The zero-order valence-electron chi connectivity index (χ0n) is 11.5. The smallest absolute Gasteiger partial charge is 0.313 e. The van der Waals surface area contributed by atoms with E-state index in [-0.39, 0.29) is 22.8 Å². The zero-order chi connectivity index (χ0) is 15.6. The van der Waals surface area contributed by atoms with Crippen LogP contribution in [0.5, 0.6) is 0 Å². The van der Waals surface area contributed by atoms with Crippen molar-refractivity contribution in [2.75, 3.05) is 19.5 Å². The van der Waals surface area contributed by atoms with Crippen molar-refractivity contribution in [3.05, 3.63) is 23.8 Å². The number of benzene rings is 1. The molecule has 0 bridgehead atoms. The molecule has 0 saturated heterocycles. The summed E-state index contributed by atoms with van der Waals surface area (Å²) in [4.78, 5) is 14.8. The first-order valence-corrected chi connectivity index (χ1v) is 7.13. The number of carbonyl (C=O) groups is 1. The van der Waals surface area contributed by atoms with Crippen LogP contribution in [0, 0.1) is 11.6 Å². The highest BCUT2D eigenvalue weighted by atomic mass is 32.2. The molecule has 1 atom stereocenters. The zero-order valence-corrected chi connectivity index (χ0v) is 12.3. The maximum Gasteiger partial charge on any atom is 0.313 e. The summed E-state index contributed by atoms with van der Waals surface area (Å²) in [6, 6.07) is 1.70. The Morgan fingerprint density at radius 2 is 2.24 bits per heavy atom. The van der Waals surface area contributed by atoms with E-state index in [1.165, 1.54) is 13.2 Å². The lowest BCUT2D eigenvalue weighted by Gasteiger charge is -2.16. The number of halogens is 2. The number of ether oxygens (including phenoxy) is 1. The molecule has 1 aromatic heterocycles. The fourth-order valence-electron chi connectivity index (χ4n) is 2.07. The van der Waals surface area contributed by atoms with Gasteiger partial charge in [0.05, 0.1) is 23.9 Å². The summed E-state index contributed by atoms with van der Waals surface area (Å²) < 4.78 is 33.9. The van der Waals surface area contributed by atoms with Crippen molar-refractivity contribution < 1.29 is 23.4 Å². The van der Waals surface area contributed by atoms with Crippen molar-refractivity contribution >= 4 is 28.8 Å². The van der Waals surface area contributed by atoms with Gasteiger partial charge in [-0.15, -0.1) is 0 Å². The number of imidazole rings is 1. The minimum atomic E-state index is -1.01. The van der Waals surface area contributed by atoms with Crippen LogP contribution >= 0.6 is 11.8 Å². The average Bonchev–Trinajstić information content (AvgIpc) is 2.75. The Kier molecular flexibility index (Phi) is 4.79. The summed E-state index contributed by atoms with van der Waals surface area (Å²) in [6.45, 7) is 2.11. The maximum absolute atomic E-state index is 13.8. The van der Waals surface area contributed by atoms with Gasteiger partial charge in [-0.1, -0.05) is 11.8 Å². The van der Waals surface area contributed by atoms with E-state index in [0.717, 1.165) is 17.8 Å². The molecule has 2 rings (SSSR count). The van der Waals surface area contributed by atoms with Gasteiger partial charge in [0.25, 0.3) is 0 Å². The number of aliphatic carboxylic acids is 1. The van der Waals surface area contributed by atoms with Gasteiger partial charge in [0, 0.05) is 19.2 Å². The summed E-state index contributed by atoms with van der Waals surface area (Å²) in [6.07, 6.45) is 0. The molecular formula is C13H14F2N2O3S. The largest absolute Gasteiger partial charge is 0.481 e. The summed E-state index contributed by atoms with van der Waals surface area (Å²) in [5.41, 5.74) is 0.303. The van der Waals surface area contributed by atoms with Gasteiger partial charge in [-0.3, -0.25) is 4.79 Å². The number of thioether (sulfide) groups is 1. The van der Waals surface area contributed by atoms with Gasteiger partial charge < -0.3 is 14.4 Å². The average molecular weight is 316 g/mol. The van der Waals surface area contributed by atoms with Crippen LogP contribution in [0.2, 0.25) is 0 Å². The Hall–Kier alpha value is -1.67. The molecule has 0 fully saturated rings. The number of carboxylic acid groups (broad SMARTS) is 1. The van der Waals surface area contributed by atoms with Crippen molar-refractivity contribution in [3.8, 4) is 0 Å². The van der Waals surface area contributed by atoms with E-state index in [0.29, 0.717) is 11.8 Å². The predicted octanol–water partition coefficient (Wildman–Crippen LogP) is 2.70. The summed E-state index contributed by atoms with van der Waals surface area (Å²) in [5, 5.41) is 9.09. The second-order valence-corrected chi connectivity index (χ2v) is 5.45. The van der Waals surface area contributed by atoms with Gasteiger partial charge in [0.1, 0.15) is 11.3 Å². The first kappa shape index (κ1) is 15.7. The Bertz CT molecular complexity index is 675. The predicted molar refractivity (Wildman–Crippen MR) is 74.6 cm³/mol. The highest BCUT2D eigenvalue weighted by molar-refractivity contribution is 7.99. The van der Waals surface area contributed by atoms with Crippen LogP contribution < -0.4 is 0 Å². The Morgan fingerprint density at radius 1 is 1.52 bits per heavy atom. The van der Waals surface area contributed by atoms with Crippen molar-refractivity contribution in [2.45, 2.75) is 18.1 Å². The fraction of sp³-hybridized carbons (Fsp3) is 0.385. The number of hydrogen-bond acceptors (Lipinski definition) is 4. The highest BCUT2D eigenvalue weighted by Gasteiger charge is 2.20. The molecule has 1 heterocycles. The van der Waals surface area contributed by atoms with E-state index < -0.39 is 17.6 Å². The van der Waals surface area contributed by atoms with Gasteiger partial charge in [0.2, 0.25) is 0 Å². The summed E-state index contributed by atoms with van der Waals surface area (Å²) in [7, 11) is 1.51. The molecule has 5 nitrogen and oxygen atoms in total. The van der Waals surface area contributed by atoms with Gasteiger partial charge in [-0.05, 0) is 6.92 Å². The molecule has 0 aliphatic rings. The molecule has 1 unspecified atom stereocenters. The van der Waals surface area contributed by atoms with E-state index >= 15 is 0 Å². The van der Waals surface area contributed by atoms with Gasteiger partial charge in [-0.25, -0.2) is 13.8 Å². The van der Waals surface area contributed by atoms with Gasteiger partial charge in [-0.2, -0.15) is 0 Å². The van der Waals surface area contributed by atoms with E-state index in [1.54, 1.807) is 11.5 Å². The third-order valence-corrected chi connectivity index (χ3v) is 3.79. The number of fused-ring (bicyclic) bond motifs is 1. The van der Waals surface area contributed by atoms with Crippen molar-refractivity contribution in [1.29, 1.82) is 0 Å². The van der Waals surface area contributed by atoms with E-state index in [2.05, 4.69) is 4.98 Å². The monoisotopic (exact) mass is 316 g/mol. The lowest BCUT2D eigenvalue weighted by Crippen LogP contribution is -2.13. The number of rotatable bonds is 6. The van der Waals surface area contributed by atoms with E-state index in [4.69, 9.17) is 9.84 Å². The molecule has 0 radical (unpaired) electrons. The molecule has 21 heavy (non-hydrogen) atoms. The molecule has 0 amide bonds.